The molecule has 5 N–H and O–H groups in total. The van der Waals surface area contributed by atoms with Crippen molar-refractivity contribution >= 4 is 27.7 Å². The standard InChI is InChI=1S/C31H37N3O7S/c1-42(39,40)33-30(36)27-16-13-24(19-29(27)41-26-5-3-2-4-6-26)22-9-7-21(8-10-22)17-18-34(31(37)38)20-28(35)23-11-14-25(32)15-12-23/h7-16,19,26,28,35H,2-6,17-18,20,32H2,1H3,(H,33,36)(H,37,38)/t28-/m0/s1. The van der Waals surface area contributed by atoms with Crippen LogP contribution in [0.1, 0.15) is 59.7 Å². The van der Waals surface area contributed by atoms with Crippen LogP contribution in [0.15, 0.2) is 66.7 Å². The molecule has 3 aromatic rings. The number of nitrogens with two attached hydrogens (primary N) is 1. The number of sulfonamides is 1. The minimum absolute atomic E-state index is 0.0446. The van der Waals surface area contributed by atoms with Gasteiger partial charge in [0.05, 0.1) is 30.6 Å². The highest BCUT2D eigenvalue weighted by atomic mass is 32.2. The molecule has 1 atom stereocenters. The van der Waals surface area contributed by atoms with Crippen LogP contribution in [0.5, 0.6) is 5.75 Å². The number of aliphatic hydroxyl groups excluding tert-OH is 1. The van der Waals surface area contributed by atoms with Gasteiger partial charge in [0, 0.05) is 12.2 Å². The Morgan fingerprint density at radius 1 is 1.00 bits per heavy atom. The zero-order valence-electron chi connectivity index (χ0n) is 23.5. The Balaban J connectivity index is 1.46. The largest absolute Gasteiger partial charge is 0.490 e. The van der Waals surface area contributed by atoms with Crippen LogP contribution in [-0.2, 0) is 16.4 Å². The Morgan fingerprint density at radius 3 is 2.26 bits per heavy atom. The number of benzene rings is 3. The molecule has 42 heavy (non-hydrogen) atoms. The fourth-order valence-corrected chi connectivity index (χ4v) is 5.44. The summed E-state index contributed by atoms with van der Waals surface area (Å²) in [4.78, 5) is 25.7. The van der Waals surface area contributed by atoms with Crippen LogP contribution < -0.4 is 15.2 Å². The van der Waals surface area contributed by atoms with Crippen molar-refractivity contribution in [1.29, 1.82) is 0 Å². The molecule has 1 saturated carbocycles. The molecule has 1 aliphatic rings. The molecule has 1 aliphatic carbocycles. The molecule has 0 spiro atoms. The molecule has 10 nitrogen and oxygen atoms in total. The van der Waals surface area contributed by atoms with Gasteiger partial charge in [0.2, 0.25) is 10.0 Å². The molecule has 0 radical (unpaired) electrons. The number of nitrogens with one attached hydrogen (secondary N) is 1. The Bertz CT molecular complexity index is 1490. The molecule has 0 aromatic heterocycles. The van der Waals surface area contributed by atoms with Gasteiger partial charge in [-0.2, -0.15) is 0 Å². The highest BCUT2D eigenvalue weighted by Crippen LogP contribution is 2.31. The number of hydrogen-bond donors (Lipinski definition) is 4. The zero-order valence-corrected chi connectivity index (χ0v) is 24.3. The van der Waals surface area contributed by atoms with Crippen molar-refractivity contribution in [3.05, 3.63) is 83.4 Å². The van der Waals surface area contributed by atoms with Gasteiger partial charge in [0.1, 0.15) is 5.75 Å². The molecule has 3 aromatic carbocycles. The van der Waals surface area contributed by atoms with Gasteiger partial charge in [-0.3, -0.25) is 4.79 Å². The van der Waals surface area contributed by atoms with Crippen molar-refractivity contribution in [2.75, 3.05) is 25.1 Å². The molecule has 4 rings (SSSR count). The monoisotopic (exact) mass is 595 g/mol. The summed E-state index contributed by atoms with van der Waals surface area (Å²) in [5, 5.41) is 20.2. The molecule has 0 saturated heterocycles. The van der Waals surface area contributed by atoms with Gasteiger partial charge in [0.25, 0.3) is 5.91 Å². The third-order valence-electron chi connectivity index (χ3n) is 7.29. The van der Waals surface area contributed by atoms with E-state index in [4.69, 9.17) is 10.5 Å². The topological polar surface area (TPSA) is 159 Å². The molecule has 0 heterocycles. The maximum Gasteiger partial charge on any atom is 0.407 e. The van der Waals surface area contributed by atoms with Crippen molar-refractivity contribution in [2.45, 2.75) is 50.7 Å². The maximum atomic E-state index is 12.7. The first-order chi connectivity index (χ1) is 20.0. The Labute approximate surface area is 246 Å². The van der Waals surface area contributed by atoms with E-state index in [9.17, 15) is 28.2 Å². The molecule has 0 unspecified atom stereocenters. The van der Waals surface area contributed by atoms with E-state index in [0.717, 1.165) is 55.1 Å². The van der Waals surface area contributed by atoms with Gasteiger partial charge in [-0.25, -0.2) is 17.9 Å². The van der Waals surface area contributed by atoms with Gasteiger partial charge < -0.3 is 25.6 Å². The first-order valence-electron chi connectivity index (χ1n) is 13.9. The highest BCUT2D eigenvalue weighted by molar-refractivity contribution is 7.89. The average Bonchev–Trinajstić information content (AvgIpc) is 2.95. The summed E-state index contributed by atoms with van der Waals surface area (Å²) in [6, 6.07) is 19.3. The SMILES string of the molecule is CS(=O)(=O)NC(=O)c1ccc(-c2ccc(CCN(C[C@H](O)c3ccc(N)cc3)C(=O)O)cc2)cc1OC1CCCCC1. The Kier molecular flexibility index (Phi) is 10.1. The molecule has 0 bridgehead atoms. The van der Waals surface area contributed by atoms with Crippen molar-refractivity contribution in [3.63, 3.8) is 0 Å². The van der Waals surface area contributed by atoms with Crippen LogP contribution >= 0.6 is 0 Å². The summed E-state index contributed by atoms with van der Waals surface area (Å²) in [6.07, 6.45) is 4.20. The molecular formula is C31H37N3O7S. The van der Waals surface area contributed by atoms with Crippen LogP contribution in [-0.4, -0.2) is 61.0 Å². The second-order valence-corrected chi connectivity index (χ2v) is 12.4. The lowest BCUT2D eigenvalue weighted by atomic mass is 9.97. The predicted octanol–water partition coefficient (Wildman–Crippen LogP) is 4.59. The van der Waals surface area contributed by atoms with Crippen LogP contribution in [0.2, 0.25) is 0 Å². The van der Waals surface area contributed by atoms with E-state index >= 15 is 0 Å². The van der Waals surface area contributed by atoms with Crippen LogP contribution in [0.25, 0.3) is 11.1 Å². The number of rotatable bonds is 11. The molecule has 2 amide bonds. The van der Waals surface area contributed by atoms with E-state index in [-0.39, 0.29) is 24.8 Å². The third kappa shape index (κ3) is 8.70. The van der Waals surface area contributed by atoms with E-state index in [1.54, 1.807) is 42.5 Å². The van der Waals surface area contributed by atoms with E-state index in [1.807, 2.05) is 29.0 Å². The molecule has 1 fully saturated rings. The number of aliphatic hydroxyl groups is 1. The van der Waals surface area contributed by atoms with Crippen LogP contribution in [0, 0.1) is 0 Å². The Hall–Kier alpha value is -4.09. The fourth-order valence-electron chi connectivity index (χ4n) is 5.00. The van der Waals surface area contributed by atoms with E-state index in [1.165, 1.54) is 4.90 Å². The van der Waals surface area contributed by atoms with Gasteiger partial charge in [-0.1, -0.05) is 48.9 Å². The number of ether oxygens (including phenoxy) is 1. The summed E-state index contributed by atoms with van der Waals surface area (Å²) in [5.41, 5.74) is 9.56. The fraction of sp³-hybridized carbons (Fsp3) is 0.355. The Morgan fingerprint density at radius 2 is 1.64 bits per heavy atom. The lowest BCUT2D eigenvalue weighted by molar-refractivity contribution is 0.0967. The summed E-state index contributed by atoms with van der Waals surface area (Å²) in [6.45, 7) is 0.130. The number of carboxylic acid groups (broad SMARTS) is 1. The first-order valence-corrected chi connectivity index (χ1v) is 15.8. The zero-order chi connectivity index (χ0) is 30.3. The van der Waals surface area contributed by atoms with Crippen molar-refractivity contribution in [2.24, 2.45) is 0 Å². The second kappa shape index (κ2) is 13.7. The lowest BCUT2D eigenvalue weighted by Gasteiger charge is -2.24. The highest BCUT2D eigenvalue weighted by Gasteiger charge is 2.22. The van der Waals surface area contributed by atoms with Gasteiger partial charge >= 0.3 is 6.09 Å². The average molecular weight is 596 g/mol. The number of hydrogen-bond acceptors (Lipinski definition) is 7. The first kappa shape index (κ1) is 30.9. The van der Waals surface area contributed by atoms with Crippen LogP contribution in [0.4, 0.5) is 10.5 Å². The summed E-state index contributed by atoms with van der Waals surface area (Å²) in [5.74, 6) is -0.406. The minimum atomic E-state index is -3.74. The number of nitrogen functional groups attached to an aromatic ring is 1. The maximum absolute atomic E-state index is 12.7. The smallest absolute Gasteiger partial charge is 0.407 e. The quantitative estimate of drug-likeness (QED) is 0.234. The van der Waals surface area contributed by atoms with E-state index in [2.05, 4.69) is 0 Å². The van der Waals surface area contributed by atoms with Gasteiger partial charge in [-0.15, -0.1) is 0 Å². The van der Waals surface area contributed by atoms with E-state index in [0.29, 0.717) is 23.4 Å². The molecule has 0 aliphatic heterocycles. The third-order valence-corrected chi connectivity index (χ3v) is 7.85. The number of amides is 2. The van der Waals surface area contributed by atoms with Crippen LogP contribution in [0.3, 0.4) is 0 Å². The van der Waals surface area contributed by atoms with Crippen molar-refractivity contribution in [3.8, 4) is 16.9 Å². The lowest BCUT2D eigenvalue weighted by Crippen LogP contribution is -2.35. The van der Waals surface area contributed by atoms with Crippen molar-refractivity contribution in [1.82, 2.24) is 9.62 Å². The molecular weight excluding hydrogens is 558 g/mol. The summed E-state index contributed by atoms with van der Waals surface area (Å²) >= 11 is 0. The molecule has 224 valence electrons. The van der Waals surface area contributed by atoms with Gasteiger partial charge in [0.15, 0.2) is 0 Å². The van der Waals surface area contributed by atoms with Gasteiger partial charge in [-0.05, 0) is 78.6 Å². The summed E-state index contributed by atoms with van der Waals surface area (Å²) < 4.78 is 31.6. The second-order valence-electron chi connectivity index (χ2n) is 10.7. The predicted molar refractivity (Wildman–Crippen MR) is 161 cm³/mol. The number of carbonyl (C=O) groups excluding carboxylic acids is 1. The number of anilines is 1. The summed E-state index contributed by atoms with van der Waals surface area (Å²) in [7, 11) is -3.74. The van der Waals surface area contributed by atoms with Crippen molar-refractivity contribution < 1.29 is 33.0 Å². The number of nitrogens with zero attached hydrogens (tertiary/aromatic N) is 1. The molecule has 11 heteroatoms. The minimum Gasteiger partial charge on any atom is -0.490 e. The number of carbonyl (C=O) groups is 2. The van der Waals surface area contributed by atoms with E-state index < -0.39 is 28.1 Å². The normalized spacial score (nSPS) is 14.6.